The Bertz CT molecular complexity index is 1020. The van der Waals surface area contributed by atoms with Crippen LogP contribution in [0.15, 0.2) is 23.6 Å². The van der Waals surface area contributed by atoms with Gasteiger partial charge in [-0.2, -0.15) is 0 Å². The highest BCUT2D eigenvalue weighted by molar-refractivity contribution is 6.04. The Balaban J connectivity index is 1.83. The van der Waals surface area contributed by atoms with Crippen LogP contribution in [0, 0.1) is 28.6 Å². The van der Waals surface area contributed by atoms with Crippen molar-refractivity contribution in [1.29, 1.82) is 0 Å². The average Bonchev–Trinajstić information content (AvgIpc) is 2.99. The molecule has 6 nitrogen and oxygen atoms in total. The normalized spacial score (nSPS) is 46.6. The van der Waals surface area contributed by atoms with Crippen LogP contribution in [0.25, 0.3) is 0 Å². The molecule has 4 aliphatic rings. The van der Waals surface area contributed by atoms with Crippen molar-refractivity contribution in [3.05, 3.63) is 23.6 Å². The second-order valence-corrected chi connectivity index (χ2v) is 11.2. The molecule has 9 atom stereocenters. The topological polar surface area (TPSA) is 101 Å². The Morgan fingerprint density at radius 2 is 1.89 bits per heavy atom. The van der Waals surface area contributed by atoms with E-state index in [2.05, 4.69) is 0 Å². The lowest BCUT2D eigenvalue weighted by atomic mass is 9.44. The molecule has 0 aromatic heterocycles. The van der Waals surface area contributed by atoms with Gasteiger partial charge in [0.1, 0.15) is 6.17 Å². The van der Waals surface area contributed by atoms with Gasteiger partial charge in [0.15, 0.2) is 11.5 Å². The number of halogens is 3. The summed E-state index contributed by atoms with van der Waals surface area (Å²) >= 11 is 0. The number of aliphatic hydroxyl groups excluding tert-OH is 1. The van der Waals surface area contributed by atoms with Gasteiger partial charge in [-0.1, -0.05) is 33.3 Å². The molecule has 0 amide bonds. The summed E-state index contributed by atoms with van der Waals surface area (Å²) in [5.41, 5.74) is -8.51. The van der Waals surface area contributed by atoms with Crippen LogP contribution in [0.3, 0.4) is 0 Å². The maximum Gasteiger partial charge on any atom is 0.349 e. The third-order valence-electron chi connectivity index (χ3n) is 9.57. The van der Waals surface area contributed by atoms with E-state index in [1.807, 2.05) is 6.92 Å². The molecule has 0 saturated heterocycles. The molecule has 4 aliphatic carbocycles. The lowest BCUT2D eigenvalue weighted by Crippen LogP contribution is -2.71. The van der Waals surface area contributed by atoms with Gasteiger partial charge in [0.25, 0.3) is 0 Å². The van der Waals surface area contributed by atoms with E-state index in [0.717, 1.165) is 12.2 Å². The van der Waals surface area contributed by atoms with E-state index in [1.165, 1.54) is 6.92 Å². The lowest BCUT2D eigenvalue weighted by Gasteiger charge is -2.62. The van der Waals surface area contributed by atoms with Crippen LogP contribution in [0.5, 0.6) is 0 Å². The molecule has 9 heteroatoms. The molecule has 0 heterocycles. The number of hydrogen-bond donors (Lipinski definition) is 2. The Labute approximate surface area is 202 Å². The van der Waals surface area contributed by atoms with Crippen molar-refractivity contribution in [3.8, 4) is 0 Å². The zero-order chi connectivity index (χ0) is 26.1. The summed E-state index contributed by atoms with van der Waals surface area (Å²) in [5.74, 6) is -7.16. The first-order valence-electron chi connectivity index (χ1n) is 12.3. The second kappa shape index (κ2) is 8.18. The molecular formula is C26H33F3O6. The molecule has 194 valence electrons. The predicted molar refractivity (Wildman–Crippen MR) is 119 cm³/mol. The smallest absolute Gasteiger partial charge is 0.349 e. The van der Waals surface area contributed by atoms with Crippen LogP contribution in [0.2, 0.25) is 0 Å². The fourth-order valence-electron chi connectivity index (χ4n) is 7.89. The summed E-state index contributed by atoms with van der Waals surface area (Å²) in [4.78, 5) is 37.3. The largest absolute Gasteiger partial charge is 0.478 e. The van der Waals surface area contributed by atoms with Crippen LogP contribution in [-0.2, 0) is 19.1 Å². The zero-order valence-electron chi connectivity index (χ0n) is 20.4. The lowest BCUT2D eigenvalue weighted by molar-refractivity contribution is -0.237. The molecule has 0 spiro atoms. The van der Waals surface area contributed by atoms with Gasteiger partial charge in [0, 0.05) is 34.7 Å². The number of aliphatic hydroxyl groups is 1. The minimum atomic E-state index is -2.55. The Hall–Kier alpha value is -2.16. The highest BCUT2D eigenvalue weighted by atomic mass is 19.2. The van der Waals surface area contributed by atoms with Crippen molar-refractivity contribution in [3.63, 3.8) is 0 Å². The van der Waals surface area contributed by atoms with Gasteiger partial charge >= 0.3 is 11.9 Å². The van der Waals surface area contributed by atoms with E-state index in [-0.39, 0.29) is 19.3 Å². The average molecular weight is 499 g/mol. The number of carboxylic acids is 1. The molecule has 0 bridgehead atoms. The minimum absolute atomic E-state index is 0.0227. The Kier molecular flexibility index (Phi) is 6.06. The van der Waals surface area contributed by atoms with Crippen LogP contribution >= 0.6 is 0 Å². The number of hydrogen-bond acceptors (Lipinski definition) is 5. The quantitative estimate of drug-likeness (QED) is 0.545. The Morgan fingerprint density at radius 3 is 2.49 bits per heavy atom. The first-order chi connectivity index (χ1) is 16.2. The summed E-state index contributed by atoms with van der Waals surface area (Å²) in [6.07, 6.45) is -1.34. The van der Waals surface area contributed by atoms with Gasteiger partial charge in [-0.25, -0.2) is 18.0 Å². The monoisotopic (exact) mass is 498 g/mol. The molecule has 35 heavy (non-hydrogen) atoms. The fourth-order valence-corrected chi connectivity index (χ4v) is 7.89. The highest BCUT2D eigenvalue weighted by Crippen LogP contribution is 2.71. The first kappa shape index (κ1) is 25.9. The molecule has 0 aromatic carbocycles. The number of carboxylic acid groups (broad SMARTS) is 1. The van der Waals surface area contributed by atoms with Crippen molar-refractivity contribution in [2.75, 3.05) is 0 Å². The number of ether oxygens (including phenoxy) is 1. The number of aliphatic carboxylic acids is 1. The molecule has 0 aromatic rings. The van der Waals surface area contributed by atoms with E-state index in [9.17, 15) is 29.0 Å². The van der Waals surface area contributed by atoms with E-state index >= 15 is 8.78 Å². The van der Waals surface area contributed by atoms with Crippen molar-refractivity contribution in [2.45, 2.75) is 89.8 Å². The molecule has 3 fully saturated rings. The maximum absolute atomic E-state index is 17.2. The van der Waals surface area contributed by atoms with E-state index in [0.29, 0.717) is 12.8 Å². The molecule has 0 unspecified atom stereocenters. The van der Waals surface area contributed by atoms with Crippen molar-refractivity contribution < 1.29 is 42.5 Å². The van der Waals surface area contributed by atoms with Gasteiger partial charge in [-0.15, -0.1) is 0 Å². The van der Waals surface area contributed by atoms with Crippen molar-refractivity contribution in [2.24, 2.45) is 28.6 Å². The summed E-state index contributed by atoms with van der Waals surface area (Å²) in [7, 11) is 0. The third kappa shape index (κ3) is 3.09. The van der Waals surface area contributed by atoms with Crippen LogP contribution in [0.4, 0.5) is 13.2 Å². The maximum atomic E-state index is 17.2. The van der Waals surface area contributed by atoms with Crippen LogP contribution in [0.1, 0.15) is 66.2 Å². The SMILES string of the molecule is CCCCC(=O)O[C@]1(C(=O)O)[C@H](C)C[C@H]2[C@@H]3C[C@H](F)C4=C(F)C(=O)C=C[C@]4(C)[C@@]3(F)[C@@H](O)C[C@@]21C. The van der Waals surface area contributed by atoms with Gasteiger partial charge in [-0.3, -0.25) is 9.59 Å². The predicted octanol–water partition coefficient (Wildman–Crippen LogP) is 4.41. The third-order valence-corrected chi connectivity index (χ3v) is 9.57. The Morgan fingerprint density at radius 1 is 1.23 bits per heavy atom. The summed E-state index contributed by atoms with van der Waals surface area (Å²) in [6.45, 7) is 6.33. The number of esters is 1. The van der Waals surface area contributed by atoms with Gasteiger partial charge in [0.05, 0.1) is 6.10 Å². The molecule has 3 saturated carbocycles. The molecule has 2 N–H and O–H groups in total. The second-order valence-electron chi connectivity index (χ2n) is 11.2. The summed E-state index contributed by atoms with van der Waals surface area (Å²) in [6, 6.07) is 0. The molecule has 4 rings (SSSR count). The summed E-state index contributed by atoms with van der Waals surface area (Å²) in [5, 5.41) is 21.7. The number of alkyl halides is 2. The van der Waals surface area contributed by atoms with Gasteiger partial charge < -0.3 is 14.9 Å². The number of carbonyl (C=O) groups excluding carboxylic acids is 2. The molecule has 0 aliphatic heterocycles. The standard InChI is InChI=1S/C26H33F3O6/c1-5-6-7-19(32)35-26(22(33)34)13(2)10-14-15-11-16(27)20-21(28)17(30)8-9-23(20,3)25(15,29)18(31)12-24(14,26)4/h8-9,13-16,18,31H,5-7,10-12H2,1-4H3,(H,33,34)/t13-,14+,15+,16+,18+,23+,24+,25+,26+/m1/s1. The zero-order valence-corrected chi connectivity index (χ0v) is 20.4. The van der Waals surface area contributed by atoms with Gasteiger partial charge in [0.2, 0.25) is 11.4 Å². The van der Waals surface area contributed by atoms with E-state index in [4.69, 9.17) is 4.74 Å². The number of unbranched alkanes of at least 4 members (excludes halogenated alkanes) is 1. The van der Waals surface area contributed by atoms with Gasteiger partial charge in [-0.05, 0) is 44.6 Å². The number of fused-ring (bicyclic) bond motifs is 5. The van der Waals surface area contributed by atoms with E-state index < -0.39 is 87.7 Å². The fraction of sp³-hybridized carbons (Fsp3) is 0.731. The highest BCUT2D eigenvalue weighted by Gasteiger charge is 2.78. The number of ketones is 1. The number of rotatable bonds is 5. The van der Waals surface area contributed by atoms with Crippen LogP contribution in [-0.4, -0.2) is 51.5 Å². The number of carbonyl (C=O) groups is 3. The van der Waals surface area contributed by atoms with Crippen molar-refractivity contribution >= 4 is 17.7 Å². The van der Waals surface area contributed by atoms with Crippen molar-refractivity contribution in [1.82, 2.24) is 0 Å². The van der Waals surface area contributed by atoms with Crippen LogP contribution < -0.4 is 0 Å². The van der Waals surface area contributed by atoms with E-state index in [1.54, 1.807) is 13.8 Å². The number of allylic oxidation sites excluding steroid dienone is 4. The minimum Gasteiger partial charge on any atom is -0.478 e. The first-order valence-corrected chi connectivity index (χ1v) is 12.3. The molecular weight excluding hydrogens is 465 g/mol. The summed E-state index contributed by atoms with van der Waals surface area (Å²) < 4.78 is 53.2. The molecule has 0 radical (unpaired) electrons.